The van der Waals surface area contributed by atoms with E-state index in [1.54, 1.807) is 0 Å². The van der Waals surface area contributed by atoms with Crippen LogP contribution in [0.4, 0.5) is 5.69 Å². The van der Waals surface area contributed by atoms with Gasteiger partial charge in [-0.15, -0.1) is 0 Å². The third-order valence-electron chi connectivity index (χ3n) is 3.42. The van der Waals surface area contributed by atoms with E-state index < -0.39 is 0 Å². The van der Waals surface area contributed by atoms with Crippen molar-refractivity contribution in [1.29, 1.82) is 0 Å². The Morgan fingerprint density at radius 1 is 1.15 bits per heavy atom. The van der Waals surface area contributed by atoms with E-state index in [-0.39, 0.29) is 6.79 Å². The predicted molar refractivity (Wildman–Crippen MR) is 76.3 cm³/mol. The van der Waals surface area contributed by atoms with Crippen molar-refractivity contribution in [3.05, 3.63) is 42.7 Å². The van der Waals surface area contributed by atoms with Gasteiger partial charge < -0.3 is 19.2 Å². The number of nitrogens with zero attached hydrogens (tertiary/aromatic N) is 2. The Kier molecular flexibility index (Phi) is 2.32. The summed E-state index contributed by atoms with van der Waals surface area (Å²) in [6.45, 7) is 0.287. The first-order chi connectivity index (χ1) is 9.83. The van der Waals surface area contributed by atoms with Crippen molar-refractivity contribution in [1.82, 2.24) is 9.38 Å². The summed E-state index contributed by atoms with van der Waals surface area (Å²) in [4.78, 5) is 4.64. The molecule has 4 rings (SSSR count). The number of hydrogen-bond acceptors (Lipinski definition) is 4. The highest BCUT2D eigenvalue weighted by Gasteiger charge is 2.15. The van der Waals surface area contributed by atoms with Gasteiger partial charge in [-0.1, -0.05) is 0 Å². The average Bonchev–Trinajstić information content (AvgIpc) is 3.11. The van der Waals surface area contributed by atoms with Gasteiger partial charge in [-0.2, -0.15) is 0 Å². The molecule has 0 spiro atoms. The molecular formula is C15H13N3O2. The predicted octanol–water partition coefficient (Wildman–Crippen LogP) is 2.77. The molecule has 5 nitrogen and oxygen atoms in total. The lowest BCUT2D eigenvalue weighted by Gasteiger charge is -1.98. The second-order valence-electron chi connectivity index (χ2n) is 4.63. The Bertz CT molecular complexity index is 795. The molecule has 0 bridgehead atoms. The molecule has 0 amide bonds. The van der Waals surface area contributed by atoms with Gasteiger partial charge in [0.25, 0.3) is 0 Å². The maximum absolute atomic E-state index is 5.40. The summed E-state index contributed by atoms with van der Waals surface area (Å²) in [5.74, 6) is 1.56. The molecule has 5 heteroatoms. The Balaban J connectivity index is 1.81. The van der Waals surface area contributed by atoms with Gasteiger partial charge in [0.05, 0.1) is 5.69 Å². The van der Waals surface area contributed by atoms with Crippen molar-refractivity contribution in [2.24, 2.45) is 0 Å². The molecule has 1 N–H and O–H groups in total. The zero-order valence-corrected chi connectivity index (χ0v) is 11.0. The molecule has 2 aromatic heterocycles. The van der Waals surface area contributed by atoms with Crippen LogP contribution >= 0.6 is 0 Å². The number of imidazole rings is 1. The van der Waals surface area contributed by atoms with E-state index in [0.717, 1.165) is 34.1 Å². The normalized spacial score (nSPS) is 12.8. The second kappa shape index (κ2) is 4.16. The maximum atomic E-state index is 5.40. The molecule has 3 aromatic rings. The van der Waals surface area contributed by atoms with Crippen molar-refractivity contribution >= 4 is 11.3 Å². The quantitative estimate of drug-likeness (QED) is 0.775. The molecule has 1 aliphatic rings. The third kappa shape index (κ3) is 1.67. The Hall–Kier alpha value is -2.69. The molecule has 0 saturated heterocycles. The molecule has 0 atom stereocenters. The minimum absolute atomic E-state index is 0.287. The molecule has 3 heterocycles. The Morgan fingerprint density at radius 2 is 2.05 bits per heavy atom. The van der Waals surface area contributed by atoms with Crippen LogP contribution in [0.1, 0.15) is 0 Å². The van der Waals surface area contributed by atoms with Crippen molar-refractivity contribution in [2.75, 3.05) is 19.2 Å². The summed E-state index contributed by atoms with van der Waals surface area (Å²) in [6.07, 6.45) is 4.00. The fourth-order valence-corrected chi connectivity index (χ4v) is 2.33. The lowest BCUT2D eigenvalue weighted by molar-refractivity contribution is 0.174. The molecule has 0 fully saturated rings. The van der Waals surface area contributed by atoms with Crippen LogP contribution in [0.3, 0.4) is 0 Å². The lowest BCUT2D eigenvalue weighted by Crippen LogP contribution is -1.92. The van der Waals surface area contributed by atoms with E-state index in [9.17, 15) is 0 Å². The lowest BCUT2D eigenvalue weighted by atomic mass is 10.1. The highest BCUT2D eigenvalue weighted by Crippen LogP contribution is 2.35. The molecule has 100 valence electrons. The van der Waals surface area contributed by atoms with Crippen LogP contribution in [0, 0.1) is 0 Å². The number of ether oxygens (including phenoxy) is 2. The molecule has 0 radical (unpaired) electrons. The summed E-state index contributed by atoms with van der Waals surface area (Å²) in [5, 5.41) is 3.11. The minimum atomic E-state index is 0.287. The number of rotatable bonds is 2. The number of hydrogen-bond donors (Lipinski definition) is 1. The van der Waals surface area contributed by atoms with Crippen LogP contribution in [0.25, 0.3) is 16.9 Å². The Morgan fingerprint density at radius 3 is 2.95 bits per heavy atom. The summed E-state index contributed by atoms with van der Waals surface area (Å²) in [7, 11) is 1.90. The summed E-state index contributed by atoms with van der Waals surface area (Å²) < 4.78 is 12.7. The van der Waals surface area contributed by atoms with E-state index in [0.29, 0.717) is 0 Å². The van der Waals surface area contributed by atoms with E-state index in [1.807, 2.05) is 54.2 Å². The van der Waals surface area contributed by atoms with Gasteiger partial charge in [0.2, 0.25) is 6.79 Å². The smallest absolute Gasteiger partial charge is 0.231 e. The van der Waals surface area contributed by atoms with E-state index in [4.69, 9.17) is 9.47 Å². The third-order valence-corrected chi connectivity index (χ3v) is 3.42. The fraction of sp³-hybridized carbons (Fsp3) is 0.133. The zero-order chi connectivity index (χ0) is 13.5. The van der Waals surface area contributed by atoms with Gasteiger partial charge in [0.1, 0.15) is 5.65 Å². The van der Waals surface area contributed by atoms with Gasteiger partial charge in [-0.05, 0) is 24.3 Å². The largest absolute Gasteiger partial charge is 0.454 e. The number of benzene rings is 1. The van der Waals surface area contributed by atoms with E-state index in [2.05, 4.69) is 10.3 Å². The fourth-order valence-electron chi connectivity index (χ4n) is 2.33. The molecular weight excluding hydrogens is 254 g/mol. The highest BCUT2D eigenvalue weighted by molar-refractivity contribution is 5.68. The highest BCUT2D eigenvalue weighted by atomic mass is 16.7. The second-order valence-corrected chi connectivity index (χ2v) is 4.63. The van der Waals surface area contributed by atoms with Crippen LogP contribution < -0.4 is 14.8 Å². The van der Waals surface area contributed by atoms with Gasteiger partial charge in [0, 0.05) is 36.8 Å². The number of fused-ring (bicyclic) bond motifs is 2. The van der Waals surface area contributed by atoms with Crippen molar-refractivity contribution in [3.8, 4) is 22.8 Å². The van der Waals surface area contributed by atoms with Gasteiger partial charge >= 0.3 is 0 Å². The van der Waals surface area contributed by atoms with Crippen molar-refractivity contribution in [2.45, 2.75) is 0 Å². The van der Waals surface area contributed by atoms with Crippen molar-refractivity contribution < 1.29 is 9.47 Å². The van der Waals surface area contributed by atoms with E-state index in [1.165, 1.54) is 0 Å². The van der Waals surface area contributed by atoms with Crippen LogP contribution in [0.2, 0.25) is 0 Å². The van der Waals surface area contributed by atoms with Crippen LogP contribution in [-0.4, -0.2) is 23.2 Å². The number of nitrogens with one attached hydrogen (secondary N) is 1. The monoisotopic (exact) mass is 267 g/mol. The molecule has 1 aromatic carbocycles. The molecule has 0 aliphatic carbocycles. The van der Waals surface area contributed by atoms with E-state index >= 15 is 0 Å². The number of anilines is 1. The summed E-state index contributed by atoms with van der Waals surface area (Å²) in [6, 6.07) is 9.90. The first-order valence-corrected chi connectivity index (χ1v) is 6.40. The van der Waals surface area contributed by atoms with Gasteiger partial charge in [-0.25, -0.2) is 4.98 Å². The van der Waals surface area contributed by atoms with Crippen LogP contribution in [0.5, 0.6) is 11.5 Å². The zero-order valence-electron chi connectivity index (χ0n) is 11.0. The SMILES string of the molecule is CNc1ccn2cc(-c3ccc4c(c3)OCO4)nc2c1. The number of pyridine rings is 1. The molecule has 1 aliphatic heterocycles. The first-order valence-electron chi connectivity index (χ1n) is 6.40. The Labute approximate surface area is 115 Å². The first kappa shape index (κ1) is 11.2. The topological polar surface area (TPSA) is 47.8 Å². The summed E-state index contributed by atoms with van der Waals surface area (Å²) >= 11 is 0. The standard InChI is InChI=1S/C15H13N3O2/c1-16-11-4-5-18-8-12(17-15(18)7-11)10-2-3-13-14(6-10)20-9-19-13/h2-8,16H,9H2,1H3. The molecule has 20 heavy (non-hydrogen) atoms. The molecule has 0 saturated carbocycles. The maximum Gasteiger partial charge on any atom is 0.231 e. The van der Waals surface area contributed by atoms with Gasteiger partial charge in [-0.3, -0.25) is 0 Å². The van der Waals surface area contributed by atoms with Gasteiger partial charge in [0.15, 0.2) is 11.5 Å². The molecule has 0 unspecified atom stereocenters. The minimum Gasteiger partial charge on any atom is -0.454 e. The average molecular weight is 267 g/mol. The summed E-state index contributed by atoms with van der Waals surface area (Å²) in [5.41, 5.74) is 3.88. The number of aromatic nitrogens is 2. The van der Waals surface area contributed by atoms with Crippen molar-refractivity contribution in [3.63, 3.8) is 0 Å². The van der Waals surface area contributed by atoms with Crippen LogP contribution in [0.15, 0.2) is 42.7 Å². The van der Waals surface area contributed by atoms with Crippen LogP contribution in [-0.2, 0) is 0 Å².